The summed E-state index contributed by atoms with van der Waals surface area (Å²) in [5, 5.41) is 0. The number of imidazole rings is 1. The number of aromatic nitrogens is 2. The highest BCUT2D eigenvalue weighted by Crippen LogP contribution is 1.98. The molecule has 1 aromatic rings. The van der Waals surface area contributed by atoms with Crippen LogP contribution in [0.1, 0.15) is 10.5 Å². The number of ether oxygens (including phenoxy) is 4. The molecule has 0 saturated carbocycles. The number of hydrogen-bond donors (Lipinski definition) is 1. The minimum atomic E-state index is -0.467. The molecule has 0 aliphatic carbocycles. The molecule has 0 bridgehead atoms. The minimum absolute atomic E-state index is 0.181. The summed E-state index contributed by atoms with van der Waals surface area (Å²) >= 11 is 0. The summed E-state index contributed by atoms with van der Waals surface area (Å²) in [6.07, 6.45) is 3.16. The van der Waals surface area contributed by atoms with Gasteiger partial charge in [-0.2, -0.15) is 0 Å². The molecule has 1 aromatic heterocycles. The average Bonchev–Trinajstić information content (AvgIpc) is 2.94. The normalized spacial score (nSPS) is 10.8. The monoisotopic (exact) mass is 301 g/mol. The summed E-state index contributed by atoms with van der Waals surface area (Å²) in [7, 11) is 1.62. The second-order valence-corrected chi connectivity index (χ2v) is 4.14. The van der Waals surface area contributed by atoms with E-state index in [-0.39, 0.29) is 12.3 Å². The van der Waals surface area contributed by atoms with Crippen LogP contribution in [0, 0.1) is 0 Å². The smallest absolute Gasteiger partial charge is 0.358 e. The molecule has 0 aliphatic heterocycles. The Balaban J connectivity index is 2.02. The fourth-order valence-electron chi connectivity index (χ4n) is 1.47. The van der Waals surface area contributed by atoms with E-state index in [9.17, 15) is 4.79 Å². The largest absolute Gasteiger partial charge is 0.458 e. The molecule has 0 amide bonds. The van der Waals surface area contributed by atoms with Gasteiger partial charge < -0.3 is 29.2 Å². The molecule has 1 rings (SSSR count). The highest BCUT2D eigenvalue weighted by atomic mass is 16.6. The van der Waals surface area contributed by atoms with Gasteiger partial charge in [0.25, 0.3) is 0 Å². The molecule has 1 heterocycles. The fourth-order valence-corrected chi connectivity index (χ4v) is 1.47. The third kappa shape index (κ3) is 7.76. The van der Waals surface area contributed by atoms with Crippen LogP contribution in [-0.4, -0.2) is 68.8 Å². The minimum Gasteiger partial charge on any atom is -0.458 e. The maximum Gasteiger partial charge on any atom is 0.358 e. The van der Waals surface area contributed by atoms with Crippen LogP contribution in [-0.2, 0) is 25.5 Å². The molecule has 8 heteroatoms. The Bertz CT molecular complexity index is 397. The first-order chi connectivity index (χ1) is 10.3. The van der Waals surface area contributed by atoms with Crippen LogP contribution < -0.4 is 5.73 Å². The molecule has 0 unspecified atom stereocenters. The van der Waals surface area contributed by atoms with E-state index >= 15 is 0 Å². The van der Waals surface area contributed by atoms with Crippen molar-refractivity contribution < 1.29 is 23.7 Å². The highest BCUT2D eigenvalue weighted by Gasteiger charge is 2.10. The SMILES string of the molecule is COCCOCCOCCOC(=O)c1cn(CCN)cn1. The van der Waals surface area contributed by atoms with Gasteiger partial charge in [-0.25, -0.2) is 9.78 Å². The van der Waals surface area contributed by atoms with Gasteiger partial charge in [-0.1, -0.05) is 0 Å². The number of carbonyl (C=O) groups excluding carboxylic acids is 1. The van der Waals surface area contributed by atoms with E-state index in [0.29, 0.717) is 46.1 Å². The molecular weight excluding hydrogens is 278 g/mol. The van der Waals surface area contributed by atoms with Gasteiger partial charge in [0.05, 0.1) is 39.4 Å². The molecule has 8 nitrogen and oxygen atoms in total. The van der Waals surface area contributed by atoms with Crippen LogP contribution in [0.2, 0.25) is 0 Å². The first-order valence-corrected chi connectivity index (χ1v) is 6.81. The zero-order valence-corrected chi connectivity index (χ0v) is 12.3. The Hall–Kier alpha value is -1.48. The molecule has 0 saturated heterocycles. The Morgan fingerprint density at radius 1 is 1.19 bits per heavy atom. The van der Waals surface area contributed by atoms with Crippen molar-refractivity contribution in [3.8, 4) is 0 Å². The summed E-state index contributed by atoms with van der Waals surface area (Å²) in [5.74, 6) is -0.467. The summed E-state index contributed by atoms with van der Waals surface area (Å²) in [6, 6.07) is 0. The number of rotatable bonds is 12. The van der Waals surface area contributed by atoms with Crippen molar-refractivity contribution in [2.45, 2.75) is 6.54 Å². The Morgan fingerprint density at radius 3 is 2.52 bits per heavy atom. The van der Waals surface area contributed by atoms with Crippen molar-refractivity contribution in [1.82, 2.24) is 9.55 Å². The zero-order chi connectivity index (χ0) is 15.3. The van der Waals surface area contributed by atoms with E-state index in [2.05, 4.69) is 4.98 Å². The predicted octanol–water partition coefficient (Wildman–Crippen LogP) is -0.322. The van der Waals surface area contributed by atoms with Gasteiger partial charge in [0.15, 0.2) is 5.69 Å². The summed E-state index contributed by atoms with van der Waals surface area (Å²) < 4.78 is 22.1. The molecule has 21 heavy (non-hydrogen) atoms. The van der Waals surface area contributed by atoms with Gasteiger partial charge in [-0.05, 0) is 0 Å². The van der Waals surface area contributed by atoms with Crippen LogP contribution in [0.5, 0.6) is 0 Å². The van der Waals surface area contributed by atoms with Gasteiger partial charge in [-0.15, -0.1) is 0 Å². The van der Waals surface area contributed by atoms with E-state index < -0.39 is 5.97 Å². The van der Waals surface area contributed by atoms with E-state index in [4.69, 9.17) is 24.7 Å². The van der Waals surface area contributed by atoms with Crippen LogP contribution >= 0.6 is 0 Å². The van der Waals surface area contributed by atoms with Gasteiger partial charge in [-0.3, -0.25) is 0 Å². The number of methoxy groups -OCH3 is 1. The van der Waals surface area contributed by atoms with Crippen molar-refractivity contribution in [3.05, 3.63) is 18.2 Å². The van der Waals surface area contributed by atoms with Crippen LogP contribution in [0.4, 0.5) is 0 Å². The lowest BCUT2D eigenvalue weighted by Crippen LogP contribution is -2.14. The summed E-state index contributed by atoms with van der Waals surface area (Å²) in [5.41, 5.74) is 5.68. The maximum absolute atomic E-state index is 11.6. The quantitative estimate of drug-likeness (QED) is 0.417. The molecule has 0 aromatic carbocycles. The van der Waals surface area contributed by atoms with Crippen molar-refractivity contribution in [2.24, 2.45) is 5.73 Å². The second-order valence-electron chi connectivity index (χ2n) is 4.14. The number of esters is 1. The van der Waals surface area contributed by atoms with Gasteiger partial charge >= 0.3 is 5.97 Å². The highest BCUT2D eigenvalue weighted by molar-refractivity contribution is 5.86. The van der Waals surface area contributed by atoms with Crippen molar-refractivity contribution in [1.29, 1.82) is 0 Å². The molecule has 120 valence electrons. The lowest BCUT2D eigenvalue weighted by atomic mass is 10.5. The Labute approximate surface area is 124 Å². The third-order valence-corrected chi connectivity index (χ3v) is 2.49. The van der Waals surface area contributed by atoms with E-state index in [1.807, 2.05) is 0 Å². The van der Waals surface area contributed by atoms with Gasteiger partial charge in [0.1, 0.15) is 6.61 Å². The van der Waals surface area contributed by atoms with E-state index in [1.165, 1.54) is 0 Å². The first kappa shape index (κ1) is 17.6. The third-order valence-electron chi connectivity index (χ3n) is 2.49. The molecule has 0 radical (unpaired) electrons. The van der Waals surface area contributed by atoms with Crippen LogP contribution in [0.3, 0.4) is 0 Å². The standard InChI is InChI=1S/C13H23N3O5/c1-18-4-5-19-6-7-20-8-9-21-13(17)12-10-16(3-2-14)11-15-12/h10-11H,2-9,14H2,1H3. The van der Waals surface area contributed by atoms with Crippen molar-refractivity contribution in [2.75, 3.05) is 53.3 Å². The average molecular weight is 301 g/mol. The van der Waals surface area contributed by atoms with Gasteiger partial charge in [0.2, 0.25) is 0 Å². The number of nitrogens with two attached hydrogens (primary N) is 1. The lowest BCUT2D eigenvalue weighted by Gasteiger charge is -2.06. The number of nitrogens with zero attached hydrogens (tertiary/aromatic N) is 2. The molecule has 0 aliphatic rings. The van der Waals surface area contributed by atoms with Crippen molar-refractivity contribution in [3.63, 3.8) is 0 Å². The van der Waals surface area contributed by atoms with E-state index in [0.717, 1.165) is 0 Å². The van der Waals surface area contributed by atoms with Crippen LogP contribution in [0.15, 0.2) is 12.5 Å². The topological polar surface area (TPSA) is 97.8 Å². The number of carbonyl (C=O) groups is 1. The zero-order valence-electron chi connectivity index (χ0n) is 12.3. The van der Waals surface area contributed by atoms with Crippen molar-refractivity contribution >= 4 is 5.97 Å². The Kier molecular flexibility index (Phi) is 9.38. The molecule has 2 N–H and O–H groups in total. The number of hydrogen-bond acceptors (Lipinski definition) is 7. The molecule has 0 spiro atoms. The van der Waals surface area contributed by atoms with E-state index in [1.54, 1.807) is 24.2 Å². The van der Waals surface area contributed by atoms with Crippen LogP contribution in [0.25, 0.3) is 0 Å². The lowest BCUT2D eigenvalue weighted by molar-refractivity contribution is 0.00550. The Morgan fingerprint density at radius 2 is 1.86 bits per heavy atom. The molecular formula is C13H23N3O5. The fraction of sp³-hybridized carbons (Fsp3) is 0.692. The summed E-state index contributed by atoms with van der Waals surface area (Å²) in [4.78, 5) is 15.6. The summed E-state index contributed by atoms with van der Waals surface area (Å²) in [6.45, 7) is 3.66. The first-order valence-electron chi connectivity index (χ1n) is 6.81. The second kappa shape index (κ2) is 11.2. The maximum atomic E-state index is 11.6. The molecule has 0 fully saturated rings. The molecule has 0 atom stereocenters. The predicted molar refractivity (Wildman–Crippen MR) is 75.1 cm³/mol. The van der Waals surface area contributed by atoms with Gasteiger partial charge in [0, 0.05) is 26.4 Å².